The quantitative estimate of drug-likeness (QED) is 0.907. The van der Waals surface area contributed by atoms with Crippen LogP contribution in [-0.4, -0.2) is 32.1 Å². The molecular weight excluding hydrogens is 264 g/mol. The van der Waals surface area contributed by atoms with Crippen molar-refractivity contribution in [1.82, 2.24) is 9.55 Å². The van der Waals surface area contributed by atoms with E-state index < -0.39 is 5.97 Å². The van der Waals surface area contributed by atoms with Crippen LogP contribution in [0, 0.1) is 13.8 Å². The van der Waals surface area contributed by atoms with E-state index in [9.17, 15) is 9.59 Å². The van der Waals surface area contributed by atoms with Crippen LogP contribution < -0.4 is 5.69 Å². The highest BCUT2D eigenvalue weighted by Crippen LogP contribution is 2.28. The van der Waals surface area contributed by atoms with Gasteiger partial charge >= 0.3 is 11.7 Å². The molecule has 2 heterocycles. The van der Waals surface area contributed by atoms with Gasteiger partial charge in [0.25, 0.3) is 0 Å². The Labute approximate surface area is 116 Å². The summed E-state index contributed by atoms with van der Waals surface area (Å²) in [5.74, 6) is 1.17. The zero-order valence-corrected chi connectivity index (χ0v) is 12.0. The van der Waals surface area contributed by atoms with Crippen molar-refractivity contribution < 1.29 is 9.90 Å². The molecule has 0 bridgehead atoms. The van der Waals surface area contributed by atoms with Crippen LogP contribution in [0.3, 0.4) is 0 Å². The first-order valence-electron chi connectivity index (χ1n) is 6.39. The molecule has 1 aliphatic rings. The largest absolute Gasteiger partial charge is 0.481 e. The lowest BCUT2D eigenvalue weighted by Gasteiger charge is -2.19. The summed E-state index contributed by atoms with van der Waals surface area (Å²) >= 11 is 1.84. The lowest BCUT2D eigenvalue weighted by molar-refractivity contribution is -0.136. The summed E-state index contributed by atoms with van der Waals surface area (Å²) < 4.78 is 1.75. The minimum atomic E-state index is -0.826. The molecule has 1 fully saturated rings. The molecular formula is C13H18N2O3S. The number of hydrogen-bond donors (Lipinski definition) is 1. The Balaban J connectivity index is 2.40. The number of hydrogen-bond acceptors (Lipinski definition) is 4. The average molecular weight is 282 g/mol. The van der Waals surface area contributed by atoms with Crippen LogP contribution in [0.15, 0.2) is 4.79 Å². The number of carboxylic acids is 1. The van der Waals surface area contributed by atoms with Crippen LogP contribution in [0.2, 0.25) is 0 Å². The van der Waals surface area contributed by atoms with Crippen LogP contribution in [0.1, 0.15) is 35.8 Å². The van der Waals surface area contributed by atoms with Crippen molar-refractivity contribution in [2.75, 3.05) is 11.5 Å². The summed E-state index contributed by atoms with van der Waals surface area (Å²) in [6.45, 7) is 3.68. The number of carbonyl (C=O) groups is 1. The highest BCUT2D eigenvalue weighted by Gasteiger charge is 2.22. The summed E-state index contributed by atoms with van der Waals surface area (Å²) in [4.78, 5) is 26.8. The lowest BCUT2D eigenvalue weighted by atomic mass is 10.1. The fraction of sp³-hybridized carbons (Fsp3) is 0.615. The molecule has 0 spiro atoms. The normalized spacial score (nSPS) is 18.7. The predicted octanol–water partition coefficient (Wildman–Crippen LogP) is 1.56. The van der Waals surface area contributed by atoms with Gasteiger partial charge in [0.05, 0.1) is 0 Å². The predicted molar refractivity (Wildman–Crippen MR) is 74.9 cm³/mol. The SMILES string of the molecule is Cc1nc(=O)n(C2CCSC2)c(C)c1CCC(=O)O. The van der Waals surface area contributed by atoms with Crippen molar-refractivity contribution in [3.05, 3.63) is 27.4 Å². The molecule has 1 unspecified atom stereocenters. The maximum absolute atomic E-state index is 12.1. The zero-order valence-electron chi connectivity index (χ0n) is 11.2. The van der Waals surface area contributed by atoms with E-state index in [-0.39, 0.29) is 18.2 Å². The number of nitrogens with zero attached hydrogens (tertiary/aromatic N) is 2. The minimum Gasteiger partial charge on any atom is -0.481 e. The van der Waals surface area contributed by atoms with E-state index in [2.05, 4.69) is 4.98 Å². The Morgan fingerprint density at radius 1 is 1.53 bits per heavy atom. The van der Waals surface area contributed by atoms with Gasteiger partial charge in [-0.15, -0.1) is 0 Å². The van der Waals surface area contributed by atoms with E-state index in [1.54, 1.807) is 11.5 Å². The molecule has 1 aromatic rings. The monoisotopic (exact) mass is 282 g/mol. The van der Waals surface area contributed by atoms with Gasteiger partial charge in [-0.25, -0.2) is 4.79 Å². The molecule has 1 atom stereocenters. The number of carboxylic acid groups (broad SMARTS) is 1. The Hall–Kier alpha value is -1.30. The Bertz CT molecular complexity index is 548. The molecule has 1 saturated heterocycles. The Kier molecular flexibility index (Phi) is 4.29. The van der Waals surface area contributed by atoms with Crippen LogP contribution in [0.4, 0.5) is 0 Å². The molecule has 0 saturated carbocycles. The second kappa shape index (κ2) is 5.77. The molecule has 0 radical (unpaired) electrons. The van der Waals surface area contributed by atoms with Gasteiger partial charge in [0.1, 0.15) is 0 Å². The third-order valence-electron chi connectivity index (χ3n) is 3.56. The van der Waals surface area contributed by atoms with Gasteiger partial charge in [-0.2, -0.15) is 16.7 Å². The fourth-order valence-corrected chi connectivity index (χ4v) is 3.76. The van der Waals surface area contributed by atoms with Crippen LogP contribution in [0.5, 0.6) is 0 Å². The van der Waals surface area contributed by atoms with Gasteiger partial charge in [-0.3, -0.25) is 9.36 Å². The topological polar surface area (TPSA) is 72.2 Å². The molecule has 19 heavy (non-hydrogen) atoms. The molecule has 0 aromatic carbocycles. The third kappa shape index (κ3) is 3.00. The van der Waals surface area contributed by atoms with Crippen LogP contribution in [-0.2, 0) is 11.2 Å². The standard InChI is InChI=1S/C13H18N2O3S/c1-8-11(3-4-12(16)17)9(2)15(13(18)14-8)10-5-6-19-7-10/h10H,3-7H2,1-2H3,(H,16,17). The molecule has 5 nitrogen and oxygen atoms in total. The molecule has 104 valence electrons. The van der Waals surface area contributed by atoms with Gasteiger partial charge in [0, 0.05) is 29.6 Å². The molecule has 6 heteroatoms. The fourth-order valence-electron chi connectivity index (χ4n) is 2.56. The van der Waals surface area contributed by atoms with Crippen molar-refractivity contribution in [3.8, 4) is 0 Å². The molecule has 0 amide bonds. The van der Waals surface area contributed by atoms with Crippen LogP contribution >= 0.6 is 11.8 Å². The maximum atomic E-state index is 12.1. The second-order valence-corrected chi connectivity index (χ2v) is 5.97. The number of aryl methyl sites for hydroxylation is 1. The summed E-state index contributed by atoms with van der Waals surface area (Å²) in [6, 6.07) is 0.203. The Morgan fingerprint density at radius 2 is 2.26 bits per heavy atom. The van der Waals surface area contributed by atoms with Gasteiger partial charge in [0.15, 0.2) is 0 Å². The lowest BCUT2D eigenvalue weighted by Crippen LogP contribution is -2.31. The highest BCUT2D eigenvalue weighted by atomic mass is 32.2. The van der Waals surface area contributed by atoms with E-state index >= 15 is 0 Å². The first-order valence-corrected chi connectivity index (χ1v) is 7.54. The summed E-state index contributed by atoms with van der Waals surface area (Å²) in [5, 5.41) is 8.80. The molecule has 1 N–H and O–H groups in total. The van der Waals surface area contributed by atoms with Crippen molar-refractivity contribution >= 4 is 17.7 Å². The van der Waals surface area contributed by atoms with E-state index in [0.717, 1.165) is 29.2 Å². The minimum absolute atomic E-state index is 0.0704. The number of rotatable bonds is 4. The van der Waals surface area contributed by atoms with E-state index in [1.165, 1.54) is 0 Å². The summed E-state index contributed by atoms with van der Waals surface area (Å²) in [7, 11) is 0. The van der Waals surface area contributed by atoms with Gasteiger partial charge in [0.2, 0.25) is 0 Å². The highest BCUT2D eigenvalue weighted by molar-refractivity contribution is 7.99. The molecule has 1 aliphatic heterocycles. The summed E-state index contributed by atoms with van der Waals surface area (Å²) in [5.41, 5.74) is 2.23. The van der Waals surface area contributed by atoms with Crippen molar-refractivity contribution in [1.29, 1.82) is 0 Å². The van der Waals surface area contributed by atoms with Crippen molar-refractivity contribution in [2.45, 2.75) is 39.2 Å². The van der Waals surface area contributed by atoms with E-state index in [4.69, 9.17) is 5.11 Å². The molecule has 1 aromatic heterocycles. The van der Waals surface area contributed by atoms with Gasteiger partial charge < -0.3 is 5.11 Å². The molecule has 2 rings (SSSR count). The smallest absolute Gasteiger partial charge is 0.348 e. The van der Waals surface area contributed by atoms with Gasteiger partial charge in [-0.05, 0) is 38.0 Å². The Morgan fingerprint density at radius 3 is 2.84 bits per heavy atom. The molecule has 0 aliphatic carbocycles. The number of aromatic nitrogens is 2. The number of aliphatic carboxylic acids is 1. The first-order chi connectivity index (χ1) is 9.00. The van der Waals surface area contributed by atoms with E-state index in [0.29, 0.717) is 12.1 Å². The first kappa shape index (κ1) is 14.1. The summed E-state index contributed by atoms with van der Waals surface area (Å²) in [6.07, 6.45) is 1.48. The average Bonchev–Trinajstić information content (AvgIpc) is 2.81. The van der Waals surface area contributed by atoms with Crippen LogP contribution in [0.25, 0.3) is 0 Å². The van der Waals surface area contributed by atoms with Crippen molar-refractivity contribution in [3.63, 3.8) is 0 Å². The maximum Gasteiger partial charge on any atom is 0.348 e. The zero-order chi connectivity index (χ0) is 14.0. The third-order valence-corrected chi connectivity index (χ3v) is 4.71. The van der Waals surface area contributed by atoms with Gasteiger partial charge in [-0.1, -0.05) is 0 Å². The second-order valence-electron chi connectivity index (χ2n) is 4.82. The van der Waals surface area contributed by atoms with E-state index in [1.807, 2.05) is 18.7 Å². The van der Waals surface area contributed by atoms with Crippen molar-refractivity contribution in [2.24, 2.45) is 0 Å². The number of thioether (sulfide) groups is 1.